The number of rotatable bonds is 2. The standard InChI is InChI=1S/C12H16BrN3/c1-3-12(8-15-11(14)16(12)2)9-5-4-6-10(13)7-9/h4-7H,3,8H2,1-2H3,(H2,14,15). The molecule has 1 aliphatic heterocycles. The molecule has 0 saturated carbocycles. The third-order valence-corrected chi connectivity index (χ3v) is 3.93. The first-order valence-corrected chi connectivity index (χ1v) is 6.19. The van der Waals surface area contributed by atoms with Crippen molar-refractivity contribution in [3.63, 3.8) is 0 Å². The monoisotopic (exact) mass is 281 g/mol. The van der Waals surface area contributed by atoms with Gasteiger partial charge in [0.15, 0.2) is 5.96 Å². The van der Waals surface area contributed by atoms with Gasteiger partial charge in [0.05, 0.1) is 12.1 Å². The lowest BCUT2D eigenvalue weighted by atomic mass is 9.87. The third kappa shape index (κ3) is 1.61. The van der Waals surface area contributed by atoms with Crippen LogP contribution in [0.3, 0.4) is 0 Å². The van der Waals surface area contributed by atoms with Crippen LogP contribution in [0.25, 0.3) is 0 Å². The summed E-state index contributed by atoms with van der Waals surface area (Å²) in [5.41, 5.74) is 7.05. The summed E-state index contributed by atoms with van der Waals surface area (Å²) < 4.78 is 1.09. The van der Waals surface area contributed by atoms with E-state index in [9.17, 15) is 0 Å². The Kier molecular flexibility index (Phi) is 2.93. The van der Waals surface area contributed by atoms with Gasteiger partial charge in [0.1, 0.15) is 0 Å². The Morgan fingerprint density at radius 3 is 2.81 bits per heavy atom. The summed E-state index contributed by atoms with van der Waals surface area (Å²) in [5.74, 6) is 0.627. The minimum absolute atomic E-state index is 0.0755. The number of aliphatic imine (C=N–C) groups is 1. The van der Waals surface area contributed by atoms with Gasteiger partial charge in [0, 0.05) is 11.5 Å². The second kappa shape index (κ2) is 4.09. The van der Waals surface area contributed by atoms with Gasteiger partial charge >= 0.3 is 0 Å². The van der Waals surface area contributed by atoms with E-state index in [-0.39, 0.29) is 5.54 Å². The Labute approximate surface area is 104 Å². The van der Waals surface area contributed by atoms with E-state index in [4.69, 9.17) is 5.73 Å². The second-order valence-corrected chi connectivity index (χ2v) is 5.04. The third-order valence-electron chi connectivity index (χ3n) is 3.44. The molecular formula is C12H16BrN3. The van der Waals surface area contributed by atoms with Crippen molar-refractivity contribution in [3.8, 4) is 0 Å². The zero-order valence-corrected chi connectivity index (χ0v) is 11.2. The van der Waals surface area contributed by atoms with Gasteiger partial charge in [-0.3, -0.25) is 4.99 Å². The van der Waals surface area contributed by atoms with Crippen molar-refractivity contribution in [2.75, 3.05) is 13.6 Å². The number of benzene rings is 1. The van der Waals surface area contributed by atoms with Gasteiger partial charge in [-0.05, 0) is 24.1 Å². The Morgan fingerprint density at radius 2 is 2.31 bits per heavy atom. The fraction of sp³-hybridized carbons (Fsp3) is 0.417. The van der Waals surface area contributed by atoms with Crippen molar-refractivity contribution < 1.29 is 0 Å². The van der Waals surface area contributed by atoms with Crippen LogP contribution in [0.4, 0.5) is 0 Å². The number of hydrogen-bond donors (Lipinski definition) is 1. The minimum Gasteiger partial charge on any atom is -0.370 e. The molecule has 86 valence electrons. The van der Waals surface area contributed by atoms with Crippen LogP contribution in [-0.4, -0.2) is 24.5 Å². The van der Waals surface area contributed by atoms with Gasteiger partial charge in [-0.25, -0.2) is 0 Å². The molecule has 2 N–H and O–H groups in total. The van der Waals surface area contributed by atoms with E-state index < -0.39 is 0 Å². The minimum atomic E-state index is -0.0755. The van der Waals surface area contributed by atoms with Crippen LogP contribution in [0.1, 0.15) is 18.9 Å². The average Bonchev–Trinajstić information content (AvgIpc) is 2.57. The van der Waals surface area contributed by atoms with Crippen LogP contribution in [-0.2, 0) is 5.54 Å². The van der Waals surface area contributed by atoms with E-state index in [0.717, 1.165) is 17.4 Å². The first-order valence-electron chi connectivity index (χ1n) is 5.40. The maximum atomic E-state index is 5.87. The molecule has 1 aliphatic rings. The molecule has 0 spiro atoms. The van der Waals surface area contributed by atoms with Crippen molar-refractivity contribution in [2.45, 2.75) is 18.9 Å². The Hall–Kier alpha value is -1.03. The highest BCUT2D eigenvalue weighted by Gasteiger charge is 2.39. The fourth-order valence-corrected chi connectivity index (χ4v) is 2.66. The predicted octanol–water partition coefficient (Wildman–Crippen LogP) is 2.31. The first-order chi connectivity index (χ1) is 7.60. The van der Waals surface area contributed by atoms with E-state index in [1.54, 1.807) is 0 Å². The maximum absolute atomic E-state index is 5.87. The highest BCUT2D eigenvalue weighted by molar-refractivity contribution is 9.10. The highest BCUT2D eigenvalue weighted by Crippen LogP contribution is 2.35. The molecule has 0 radical (unpaired) electrons. The predicted molar refractivity (Wildman–Crippen MR) is 70.4 cm³/mol. The van der Waals surface area contributed by atoms with Crippen LogP contribution < -0.4 is 5.73 Å². The molecule has 3 nitrogen and oxygen atoms in total. The molecule has 1 aromatic carbocycles. The molecule has 0 bridgehead atoms. The Morgan fingerprint density at radius 1 is 1.56 bits per heavy atom. The molecule has 0 saturated heterocycles. The lowest BCUT2D eigenvalue weighted by molar-refractivity contribution is 0.230. The normalized spacial score (nSPS) is 24.7. The van der Waals surface area contributed by atoms with Gasteiger partial charge in [0.25, 0.3) is 0 Å². The molecule has 16 heavy (non-hydrogen) atoms. The molecule has 4 heteroatoms. The van der Waals surface area contributed by atoms with Gasteiger partial charge in [-0.15, -0.1) is 0 Å². The van der Waals surface area contributed by atoms with E-state index in [1.807, 2.05) is 13.1 Å². The highest BCUT2D eigenvalue weighted by atomic mass is 79.9. The summed E-state index contributed by atoms with van der Waals surface area (Å²) in [4.78, 5) is 6.43. The molecule has 0 aromatic heterocycles. The van der Waals surface area contributed by atoms with Crippen molar-refractivity contribution in [1.29, 1.82) is 0 Å². The smallest absolute Gasteiger partial charge is 0.191 e. The number of guanidine groups is 1. The summed E-state index contributed by atoms with van der Waals surface area (Å²) in [7, 11) is 2.01. The summed E-state index contributed by atoms with van der Waals surface area (Å²) in [6.45, 7) is 2.91. The molecule has 0 amide bonds. The van der Waals surface area contributed by atoms with Crippen molar-refractivity contribution >= 4 is 21.9 Å². The van der Waals surface area contributed by atoms with Crippen LogP contribution in [0, 0.1) is 0 Å². The van der Waals surface area contributed by atoms with Gasteiger partial charge in [0.2, 0.25) is 0 Å². The van der Waals surface area contributed by atoms with Crippen molar-refractivity contribution in [2.24, 2.45) is 10.7 Å². The van der Waals surface area contributed by atoms with Crippen molar-refractivity contribution in [1.82, 2.24) is 4.90 Å². The number of nitrogens with two attached hydrogens (primary N) is 1. The molecule has 1 aromatic rings. The zero-order valence-electron chi connectivity index (χ0n) is 9.57. The maximum Gasteiger partial charge on any atom is 0.191 e. The topological polar surface area (TPSA) is 41.6 Å². The van der Waals surface area contributed by atoms with E-state index >= 15 is 0 Å². The summed E-state index contributed by atoms with van der Waals surface area (Å²) in [6.07, 6.45) is 0.990. The number of hydrogen-bond acceptors (Lipinski definition) is 3. The summed E-state index contributed by atoms with van der Waals surface area (Å²) in [6, 6.07) is 8.37. The van der Waals surface area contributed by atoms with Gasteiger partial charge in [-0.2, -0.15) is 0 Å². The summed E-state index contributed by atoms with van der Waals surface area (Å²) >= 11 is 3.51. The van der Waals surface area contributed by atoms with Crippen LogP contribution in [0.5, 0.6) is 0 Å². The van der Waals surface area contributed by atoms with E-state index in [2.05, 4.69) is 50.9 Å². The van der Waals surface area contributed by atoms with Crippen molar-refractivity contribution in [3.05, 3.63) is 34.3 Å². The molecular weight excluding hydrogens is 266 g/mol. The molecule has 0 aliphatic carbocycles. The molecule has 1 heterocycles. The van der Waals surface area contributed by atoms with Crippen LogP contribution in [0.15, 0.2) is 33.7 Å². The van der Waals surface area contributed by atoms with Crippen LogP contribution >= 0.6 is 15.9 Å². The Bertz CT molecular complexity index is 430. The Balaban J connectivity index is 2.44. The zero-order chi connectivity index (χ0) is 11.8. The number of likely N-dealkylation sites (N-methyl/N-ethyl adjacent to an activating group) is 1. The molecule has 1 unspecified atom stereocenters. The SMILES string of the molecule is CCC1(c2cccc(Br)c2)CN=C(N)N1C. The number of halogens is 1. The molecule has 2 rings (SSSR count). The summed E-state index contributed by atoms with van der Waals surface area (Å²) in [5, 5.41) is 0. The lowest BCUT2D eigenvalue weighted by Crippen LogP contribution is -2.46. The average molecular weight is 282 g/mol. The number of nitrogens with zero attached hydrogens (tertiary/aromatic N) is 2. The molecule has 1 atom stereocenters. The largest absolute Gasteiger partial charge is 0.370 e. The van der Waals surface area contributed by atoms with Gasteiger partial charge in [-0.1, -0.05) is 35.0 Å². The van der Waals surface area contributed by atoms with E-state index in [0.29, 0.717) is 5.96 Å². The van der Waals surface area contributed by atoms with Gasteiger partial charge < -0.3 is 10.6 Å². The first kappa shape index (κ1) is 11.5. The van der Waals surface area contributed by atoms with E-state index in [1.165, 1.54) is 5.56 Å². The quantitative estimate of drug-likeness (QED) is 0.904. The fourth-order valence-electron chi connectivity index (χ4n) is 2.26. The lowest BCUT2D eigenvalue weighted by Gasteiger charge is -2.36. The van der Waals surface area contributed by atoms with Crippen LogP contribution in [0.2, 0.25) is 0 Å². The molecule has 0 fully saturated rings. The second-order valence-electron chi connectivity index (χ2n) is 4.13.